The molecular weight excluding hydrogens is 308 g/mol. The zero-order valence-electron chi connectivity index (χ0n) is 13.8. The Kier molecular flexibility index (Phi) is 6.19. The molecule has 1 N–H and O–H groups in total. The Balaban J connectivity index is 1.78. The molecular formula is C18H22N2O4. The zero-order chi connectivity index (χ0) is 17.4. The molecule has 1 fully saturated rings. The highest BCUT2D eigenvalue weighted by Crippen LogP contribution is 2.27. The molecule has 1 aromatic rings. The van der Waals surface area contributed by atoms with E-state index in [1.807, 2.05) is 6.07 Å². The highest BCUT2D eigenvalue weighted by Gasteiger charge is 2.33. The van der Waals surface area contributed by atoms with Gasteiger partial charge < -0.3 is 14.8 Å². The van der Waals surface area contributed by atoms with Crippen LogP contribution < -0.4 is 10.1 Å². The van der Waals surface area contributed by atoms with E-state index in [2.05, 4.69) is 11.4 Å². The lowest BCUT2D eigenvalue weighted by Crippen LogP contribution is -2.50. The molecule has 6 heteroatoms. The van der Waals surface area contributed by atoms with Crippen molar-refractivity contribution < 1.29 is 19.1 Å². The van der Waals surface area contributed by atoms with Crippen molar-refractivity contribution in [2.75, 3.05) is 6.61 Å². The summed E-state index contributed by atoms with van der Waals surface area (Å²) in [6.07, 6.45) is 3.35. The van der Waals surface area contributed by atoms with Crippen molar-refractivity contribution in [3.8, 4) is 11.8 Å². The molecule has 0 bridgehead atoms. The summed E-state index contributed by atoms with van der Waals surface area (Å²) in [5.74, 6) is -0.528. The summed E-state index contributed by atoms with van der Waals surface area (Å²) in [6.45, 7) is 1.15. The van der Waals surface area contributed by atoms with Gasteiger partial charge >= 0.3 is 5.97 Å². The van der Waals surface area contributed by atoms with Crippen molar-refractivity contribution >= 4 is 11.9 Å². The molecule has 0 aromatic heterocycles. The first-order chi connectivity index (χ1) is 11.5. The molecule has 0 aliphatic heterocycles. The van der Waals surface area contributed by atoms with Crippen molar-refractivity contribution in [3.63, 3.8) is 0 Å². The molecule has 0 spiro atoms. The number of nitrogens with zero attached hydrogens (tertiary/aromatic N) is 1. The van der Waals surface area contributed by atoms with Gasteiger partial charge in [-0.1, -0.05) is 37.5 Å². The van der Waals surface area contributed by atoms with E-state index < -0.39 is 30.1 Å². The minimum Gasteiger partial charge on any atom is -0.479 e. The summed E-state index contributed by atoms with van der Waals surface area (Å²) < 4.78 is 10.4. The maximum absolute atomic E-state index is 12.0. The molecule has 2 rings (SSSR count). The van der Waals surface area contributed by atoms with Crippen LogP contribution in [-0.4, -0.2) is 30.1 Å². The lowest BCUT2D eigenvalue weighted by molar-refractivity contribution is -0.155. The molecule has 1 aliphatic rings. The molecule has 1 saturated carbocycles. The molecule has 6 nitrogen and oxygen atoms in total. The Bertz CT molecular complexity index is 603. The first-order valence-corrected chi connectivity index (χ1v) is 8.15. The van der Waals surface area contributed by atoms with Crippen LogP contribution in [0.25, 0.3) is 0 Å². The van der Waals surface area contributed by atoms with Crippen LogP contribution in [-0.2, 0) is 14.3 Å². The SMILES string of the molecule is C[C@@H](Oc1ccccc1)C(=O)OCC(=O)NC1(C#N)CCCCC1. The number of carbonyl (C=O) groups is 2. The zero-order valence-corrected chi connectivity index (χ0v) is 13.8. The summed E-state index contributed by atoms with van der Waals surface area (Å²) in [7, 11) is 0. The summed E-state index contributed by atoms with van der Waals surface area (Å²) in [5.41, 5.74) is -0.826. The number of para-hydroxylation sites is 1. The van der Waals surface area contributed by atoms with Gasteiger partial charge in [0, 0.05) is 0 Å². The Hall–Kier alpha value is -2.55. The standard InChI is InChI=1S/C18H22N2O4/c1-14(24-15-8-4-2-5-9-15)17(22)23-12-16(21)20-18(13-19)10-6-3-7-11-18/h2,4-5,8-9,14H,3,6-7,10-12H2,1H3,(H,20,21)/t14-/m1/s1. The Labute approximate surface area is 141 Å². The number of ether oxygens (including phenoxy) is 2. The van der Waals surface area contributed by atoms with Gasteiger partial charge in [0.1, 0.15) is 11.3 Å². The smallest absolute Gasteiger partial charge is 0.347 e. The van der Waals surface area contributed by atoms with Gasteiger partial charge in [0.25, 0.3) is 5.91 Å². The van der Waals surface area contributed by atoms with E-state index in [1.54, 1.807) is 31.2 Å². The normalized spacial score (nSPS) is 17.2. The third-order valence-electron chi connectivity index (χ3n) is 4.03. The molecule has 1 amide bonds. The molecule has 128 valence electrons. The first kappa shape index (κ1) is 17.8. The highest BCUT2D eigenvalue weighted by atomic mass is 16.6. The number of benzene rings is 1. The quantitative estimate of drug-likeness (QED) is 0.809. The van der Waals surface area contributed by atoms with E-state index in [1.165, 1.54) is 0 Å². The summed E-state index contributed by atoms with van der Waals surface area (Å²) in [5, 5.41) is 12.0. The lowest BCUT2D eigenvalue weighted by Gasteiger charge is -2.31. The van der Waals surface area contributed by atoms with E-state index in [0.717, 1.165) is 19.3 Å². The molecule has 0 radical (unpaired) electrons. The van der Waals surface area contributed by atoms with Crippen molar-refractivity contribution in [2.24, 2.45) is 0 Å². The van der Waals surface area contributed by atoms with Crippen LogP contribution in [0.2, 0.25) is 0 Å². The lowest BCUT2D eigenvalue weighted by atomic mass is 9.83. The molecule has 1 atom stereocenters. The summed E-state index contributed by atoms with van der Waals surface area (Å²) >= 11 is 0. The van der Waals surface area contributed by atoms with E-state index in [0.29, 0.717) is 18.6 Å². The van der Waals surface area contributed by atoms with Gasteiger partial charge in [-0.2, -0.15) is 5.26 Å². The van der Waals surface area contributed by atoms with E-state index in [-0.39, 0.29) is 0 Å². The van der Waals surface area contributed by atoms with Crippen LogP contribution in [0.1, 0.15) is 39.0 Å². The predicted octanol–water partition coefficient (Wildman–Crippen LogP) is 2.34. The van der Waals surface area contributed by atoms with Crippen LogP contribution in [0, 0.1) is 11.3 Å². The molecule has 1 aromatic carbocycles. The fourth-order valence-electron chi connectivity index (χ4n) is 2.73. The van der Waals surface area contributed by atoms with Crippen molar-refractivity contribution in [2.45, 2.75) is 50.7 Å². The monoisotopic (exact) mass is 330 g/mol. The predicted molar refractivity (Wildman–Crippen MR) is 87.1 cm³/mol. The molecule has 0 unspecified atom stereocenters. The topological polar surface area (TPSA) is 88.4 Å². The van der Waals surface area contributed by atoms with Gasteiger partial charge in [-0.25, -0.2) is 4.79 Å². The Morgan fingerprint density at radius 3 is 2.54 bits per heavy atom. The Morgan fingerprint density at radius 2 is 1.92 bits per heavy atom. The van der Waals surface area contributed by atoms with Gasteiger partial charge in [0.05, 0.1) is 6.07 Å². The molecule has 0 saturated heterocycles. The average molecular weight is 330 g/mol. The molecule has 0 heterocycles. The van der Waals surface area contributed by atoms with Crippen LogP contribution in [0.15, 0.2) is 30.3 Å². The number of nitrogens with one attached hydrogen (secondary N) is 1. The van der Waals surface area contributed by atoms with Gasteiger partial charge in [-0.05, 0) is 31.9 Å². The first-order valence-electron chi connectivity index (χ1n) is 8.15. The van der Waals surface area contributed by atoms with E-state index in [9.17, 15) is 14.9 Å². The van der Waals surface area contributed by atoms with Crippen LogP contribution in [0.4, 0.5) is 0 Å². The second-order valence-corrected chi connectivity index (χ2v) is 5.98. The third-order valence-corrected chi connectivity index (χ3v) is 4.03. The van der Waals surface area contributed by atoms with Crippen molar-refractivity contribution in [3.05, 3.63) is 30.3 Å². The van der Waals surface area contributed by atoms with Crippen molar-refractivity contribution in [1.29, 1.82) is 5.26 Å². The minimum atomic E-state index is -0.826. The highest BCUT2D eigenvalue weighted by molar-refractivity contribution is 5.82. The summed E-state index contributed by atoms with van der Waals surface area (Å²) in [6, 6.07) is 11.1. The number of nitriles is 1. The maximum Gasteiger partial charge on any atom is 0.347 e. The fraction of sp³-hybridized carbons (Fsp3) is 0.500. The van der Waals surface area contributed by atoms with E-state index >= 15 is 0 Å². The van der Waals surface area contributed by atoms with Crippen molar-refractivity contribution in [1.82, 2.24) is 5.32 Å². The number of rotatable bonds is 6. The third kappa shape index (κ3) is 4.98. The maximum atomic E-state index is 12.0. The second kappa shape index (κ2) is 8.34. The molecule has 1 aliphatic carbocycles. The van der Waals surface area contributed by atoms with Gasteiger partial charge in [-0.3, -0.25) is 4.79 Å². The van der Waals surface area contributed by atoms with Crippen LogP contribution >= 0.6 is 0 Å². The number of hydrogen-bond acceptors (Lipinski definition) is 5. The van der Waals surface area contributed by atoms with Crippen LogP contribution in [0.3, 0.4) is 0 Å². The number of amides is 1. The fourth-order valence-corrected chi connectivity index (χ4v) is 2.73. The van der Waals surface area contributed by atoms with Gasteiger partial charge in [0.2, 0.25) is 0 Å². The summed E-state index contributed by atoms with van der Waals surface area (Å²) in [4.78, 5) is 23.9. The number of hydrogen-bond donors (Lipinski definition) is 1. The van der Waals surface area contributed by atoms with Crippen LogP contribution in [0.5, 0.6) is 5.75 Å². The largest absolute Gasteiger partial charge is 0.479 e. The van der Waals surface area contributed by atoms with Gasteiger partial charge in [-0.15, -0.1) is 0 Å². The number of carbonyl (C=O) groups excluding carboxylic acids is 2. The second-order valence-electron chi connectivity index (χ2n) is 5.98. The number of esters is 1. The average Bonchev–Trinajstić information content (AvgIpc) is 2.61. The minimum absolute atomic E-state index is 0.412. The van der Waals surface area contributed by atoms with E-state index in [4.69, 9.17) is 9.47 Å². The van der Waals surface area contributed by atoms with Gasteiger partial charge in [0.15, 0.2) is 12.7 Å². The Morgan fingerprint density at radius 1 is 1.25 bits per heavy atom. The molecule has 24 heavy (non-hydrogen) atoms.